The van der Waals surface area contributed by atoms with Crippen molar-refractivity contribution in [1.29, 1.82) is 0 Å². The Balaban J connectivity index is 2.25. The largest absolute Gasteiger partial charge is 0.329 e. The van der Waals surface area contributed by atoms with E-state index in [-0.39, 0.29) is 0 Å². The summed E-state index contributed by atoms with van der Waals surface area (Å²) in [5.74, 6) is 1.80. The SMILES string of the molecule is CCCCCCC(CN)N1CCC(C(C)C)CC1. The molecule has 0 bridgehead atoms. The number of nitrogens with zero attached hydrogens (tertiary/aromatic N) is 1. The van der Waals surface area contributed by atoms with Crippen LogP contribution < -0.4 is 5.73 Å². The second-order valence-electron chi connectivity index (χ2n) is 6.36. The van der Waals surface area contributed by atoms with Crippen molar-refractivity contribution in [1.82, 2.24) is 4.90 Å². The van der Waals surface area contributed by atoms with Gasteiger partial charge in [0, 0.05) is 12.6 Å². The van der Waals surface area contributed by atoms with Crippen LogP contribution in [0.25, 0.3) is 0 Å². The van der Waals surface area contributed by atoms with Gasteiger partial charge in [0.25, 0.3) is 0 Å². The molecule has 1 atom stereocenters. The zero-order valence-corrected chi connectivity index (χ0v) is 12.8. The molecule has 0 aromatic carbocycles. The normalized spacial score (nSPS) is 20.5. The van der Waals surface area contributed by atoms with E-state index in [1.165, 1.54) is 58.0 Å². The van der Waals surface area contributed by atoms with Gasteiger partial charge in [-0.2, -0.15) is 0 Å². The lowest BCUT2D eigenvalue weighted by Gasteiger charge is -2.38. The molecule has 2 heteroatoms. The average Bonchev–Trinajstić information content (AvgIpc) is 2.39. The van der Waals surface area contributed by atoms with E-state index in [9.17, 15) is 0 Å². The molecular formula is C16H34N2. The molecule has 0 aromatic rings. The van der Waals surface area contributed by atoms with Gasteiger partial charge in [0.1, 0.15) is 0 Å². The maximum Gasteiger partial charge on any atom is 0.0218 e. The summed E-state index contributed by atoms with van der Waals surface area (Å²) < 4.78 is 0. The fourth-order valence-corrected chi connectivity index (χ4v) is 3.21. The molecule has 1 aliphatic heterocycles. The first kappa shape index (κ1) is 16.0. The van der Waals surface area contributed by atoms with Gasteiger partial charge in [-0.3, -0.25) is 4.90 Å². The van der Waals surface area contributed by atoms with Crippen LogP contribution in [0.4, 0.5) is 0 Å². The van der Waals surface area contributed by atoms with E-state index in [1.54, 1.807) is 0 Å². The topological polar surface area (TPSA) is 29.3 Å². The number of likely N-dealkylation sites (tertiary alicyclic amines) is 1. The van der Waals surface area contributed by atoms with Crippen LogP contribution in [0.15, 0.2) is 0 Å². The monoisotopic (exact) mass is 254 g/mol. The highest BCUT2D eigenvalue weighted by atomic mass is 15.2. The van der Waals surface area contributed by atoms with Crippen molar-refractivity contribution in [2.75, 3.05) is 19.6 Å². The van der Waals surface area contributed by atoms with Gasteiger partial charge < -0.3 is 5.73 Å². The molecule has 2 N–H and O–H groups in total. The lowest BCUT2D eigenvalue weighted by atomic mass is 9.86. The molecule has 1 saturated heterocycles. The van der Waals surface area contributed by atoms with Gasteiger partial charge in [0.05, 0.1) is 0 Å². The number of nitrogens with two attached hydrogens (primary N) is 1. The van der Waals surface area contributed by atoms with Crippen molar-refractivity contribution >= 4 is 0 Å². The molecule has 1 aliphatic rings. The molecule has 18 heavy (non-hydrogen) atoms. The van der Waals surface area contributed by atoms with E-state index in [0.29, 0.717) is 6.04 Å². The van der Waals surface area contributed by atoms with Gasteiger partial charge in [0.15, 0.2) is 0 Å². The summed E-state index contributed by atoms with van der Waals surface area (Å²) in [6.45, 7) is 10.4. The molecule has 0 radical (unpaired) electrons. The van der Waals surface area contributed by atoms with Crippen molar-refractivity contribution in [3.63, 3.8) is 0 Å². The number of unbranched alkanes of at least 4 members (excludes halogenated alkanes) is 3. The molecule has 0 amide bonds. The Morgan fingerprint density at radius 3 is 2.28 bits per heavy atom. The average molecular weight is 254 g/mol. The van der Waals surface area contributed by atoms with Crippen molar-refractivity contribution in [2.45, 2.75) is 71.8 Å². The fraction of sp³-hybridized carbons (Fsp3) is 1.00. The van der Waals surface area contributed by atoms with Crippen LogP contribution in [0, 0.1) is 11.8 Å². The Bertz CT molecular complexity index is 195. The number of hydrogen-bond acceptors (Lipinski definition) is 2. The molecule has 1 heterocycles. The molecule has 1 fully saturated rings. The smallest absolute Gasteiger partial charge is 0.0218 e. The third-order valence-corrected chi connectivity index (χ3v) is 4.70. The zero-order valence-electron chi connectivity index (χ0n) is 12.8. The quantitative estimate of drug-likeness (QED) is 0.670. The Hall–Kier alpha value is -0.0800. The second-order valence-corrected chi connectivity index (χ2v) is 6.36. The standard InChI is InChI=1S/C16H34N2/c1-4-5-6-7-8-16(13-17)18-11-9-15(10-12-18)14(2)3/h14-16H,4-13,17H2,1-3H3. The predicted octanol–water partition coefficient (Wildman–Crippen LogP) is 3.65. The summed E-state index contributed by atoms with van der Waals surface area (Å²) in [6.07, 6.45) is 9.52. The highest BCUT2D eigenvalue weighted by Gasteiger charge is 2.25. The van der Waals surface area contributed by atoms with E-state index in [4.69, 9.17) is 5.73 Å². The maximum atomic E-state index is 5.97. The number of hydrogen-bond donors (Lipinski definition) is 1. The molecular weight excluding hydrogens is 220 g/mol. The van der Waals surface area contributed by atoms with Crippen LogP contribution >= 0.6 is 0 Å². The van der Waals surface area contributed by atoms with Gasteiger partial charge in [-0.05, 0) is 44.2 Å². The first-order valence-electron chi connectivity index (χ1n) is 8.13. The Labute approximate surface area is 114 Å². The number of piperidine rings is 1. The van der Waals surface area contributed by atoms with Gasteiger partial charge >= 0.3 is 0 Å². The van der Waals surface area contributed by atoms with E-state index in [2.05, 4.69) is 25.7 Å². The van der Waals surface area contributed by atoms with Crippen LogP contribution in [-0.2, 0) is 0 Å². The minimum absolute atomic E-state index is 0.648. The maximum absolute atomic E-state index is 5.97. The highest BCUT2D eigenvalue weighted by molar-refractivity contribution is 4.80. The zero-order chi connectivity index (χ0) is 13.4. The Morgan fingerprint density at radius 1 is 1.11 bits per heavy atom. The van der Waals surface area contributed by atoms with Crippen molar-refractivity contribution in [3.8, 4) is 0 Å². The highest BCUT2D eigenvalue weighted by Crippen LogP contribution is 2.26. The fourth-order valence-electron chi connectivity index (χ4n) is 3.21. The molecule has 1 rings (SSSR count). The summed E-state index contributed by atoms with van der Waals surface area (Å²) in [5.41, 5.74) is 5.97. The molecule has 0 aliphatic carbocycles. The lowest BCUT2D eigenvalue weighted by molar-refractivity contribution is 0.111. The van der Waals surface area contributed by atoms with Crippen LogP contribution in [0.3, 0.4) is 0 Å². The first-order valence-corrected chi connectivity index (χ1v) is 8.13. The minimum atomic E-state index is 0.648. The molecule has 1 unspecified atom stereocenters. The van der Waals surface area contributed by atoms with Crippen molar-refractivity contribution in [2.24, 2.45) is 17.6 Å². The van der Waals surface area contributed by atoms with Gasteiger partial charge in [-0.1, -0.05) is 46.5 Å². The third-order valence-electron chi connectivity index (χ3n) is 4.70. The summed E-state index contributed by atoms with van der Waals surface area (Å²) in [4.78, 5) is 2.66. The third kappa shape index (κ3) is 5.27. The van der Waals surface area contributed by atoms with Crippen molar-refractivity contribution < 1.29 is 0 Å². The summed E-state index contributed by atoms with van der Waals surface area (Å²) >= 11 is 0. The second kappa shape index (κ2) is 8.92. The molecule has 0 saturated carbocycles. The van der Waals surface area contributed by atoms with Crippen LogP contribution in [0.5, 0.6) is 0 Å². The summed E-state index contributed by atoms with van der Waals surface area (Å²) in [5, 5.41) is 0. The predicted molar refractivity (Wildman–Crippen MR) is 80.7 cm³/mol. The van der Waals surface area contributed by atoms with Crippen LogP contribution in [0.1, 0.15) is 65.7 Å². The van der Waals surface area contributed by atoms with Crippen LogP contribution in [0.2, 0.25) is 0 Å². The summed E-state index contributed by atoms with van der Waals surface area (Å²) in [7, 11) is 0. The number of rotatable bonds is 8. The van der Waals surface area contributed by atoms with Gasteiger partial charge in [0.2, 0.25) is 0 Å². The van der Waals surface area contributed by atoms with Crippen molar-refractivity contribution in [3.05, 3.63) is 0 Å². The molecule has 0 aromatic heterocycles. The Kier molecular flexibility index (Phi) is 7.92. The van der Waals surface area contributed by atoms with Gasteiger partial charge in [-0.25, -0.2) is 0 Å². The molecule has 108 valence electrons. The first-order chi connectivity index (χ1) is 8.69. The lowest BCUT2D eigenvalue weighted by Crippen LogP contribution is -2.45. The molecule has 2 nitrogen and oxygen atoms in total. The molecule has 0 spiro atoms. The van der Waals surface area contributed by atoms with Gasteiger partial charge in [-0.15, -0.1) is 0 Å². The van der Waals surface area contributed by atoms with E-state index >= 15 is 0 Å². The van der Waals surface area contributed by atoms with Crippen LogP contribution in [-0.4, -0.2) is 30.6 Å². The van der Waals surface area contributed by atoms with E-state index in [1.807, 2.05) is 0 Å². The van der Waals surface area contributed by atoms with E-state index < -0.39 is 0 Å². The minimum Gasteiger partial charge on any atom is -0.329 e. The Morgan fingerprint density at radius 2 is 1.78 bits per heavy atom. The summed E-state index contributed by atoms with van der Waals surface area (Å²) in [6, 6.07) is 0.648. The van der Waals surface area contributed by atoms with E-state index in [0.717, 1.165) is 18.4 Å².